The SMILES string of the molecule is C=C(Br)CNC(=O)c1nn(-c2cccc(C(F)(F)F)c2)c(C)cc1=O. The quantitative estimate of drug-likeness (QED) is 0.833. The molecule has 1 aromatic carbocycles. The first kappa shape index (κ1) is 18.9. The van der Waals surface area contributed by atoms with E-state index in [2.05, 4.69) is 32.9 Å². The summed E-state index contributed by atoms with van der Waals surface area (Å²) >= 11 is 3.06. The van der Waals surface area contributed by atoms with E-state index < -0.39 is 28.8 Å². The highest BCUT2D eigenvalue weighted by atomic mass is 79.9. The van der Waals surface area contributed by atoms with Gasteiger partial charge in [-0.1, -0.05) is 28.6 Å². The molecule has 0 fully saturated rings. The van der Waals surface area contributed by atoms with Crippen molar-refractivity contribution in [2.75, 3.05) is 6.54 Å². The van der Waals surface area contributed by atoms with Gasteiger partial charge in [0, 0.05) is 22.8 Å². The number of carbonyl (C=O) groups is 1. The van der Waals surface area contributed by atoms with Crippen molar-refractivity contribution >= 4 is 21.8 Å². The van der Waals surface area contributed by atoms with Gasteiger partial charge in [0.15, 0.2) is 5.69 Å². The van der Waals surface area contributed by atoms with Crippen LogP contribution in [0.5, 0.6) is 0 Å². The maximum atomic E-state index is 12.9. The van der Waals surface area contributed by atoms with Gasteiger partial charge in [-0.05, 0) is 25.1 Å². The van der Waals surface area contributed by atoms with E-state index in [9.17, 15) is 22.8 Å². The molecule has 0 bridgehead atoms. The fraction of sp³-hybridized carbons (Fsp3) is 0.188. The highest BCUT2D eigenvalue weighted by Gasteiger charge is 2.30. The average Bonchev–Trinajstić information content (AvgIpc) is 2.52. The number of aromatic nitrogens is 2. The van der Waals surface area contributed by atoms with Gasteiger partial charge < -0.3 is 5.32 Å². The number of benzene rings is 1. The topological polar surface area (TPSA) is 64.0 Å². The average molecular weight is 416 g/mol. The summed E-state index contributed by atoms with van der Waals surface area (Å²) in [5, 5.41) is 6.35. The lowest BCUT2D eigenvalue weighted by Crippen LogP contribution is -2.32. The molecule has 1 amide bonds. The standard InChI is InChI=1S/C16H13BrF3N3O2/c1-9(17)8-21-15(25)14-13(24)6-10(2)23(22-14)12-5-3-4-11(7-12)16(18,19)20/h3-7H,1,8H2,2H3,(H,21,25). The van der Waals surface area contributed by atoms with E-state index >= 15 is 0 Å². The fourth-order valence-electron chi connectivity index (χ4n) is 2.04. The molecule has 0 atom stereocenters. The Morgan fingerprint density at radius 3 is 2.64 bits per heavy atom. The van der Waals surface area contributed by atoms with Gasteiger partial charge in [0.2, 0.25) is 5.43 Å². The van der Waals surface area contributed by atoms with Gasteiger partial charge in [-0.15, -0.1) is 0 Å². The third-order valence-electron chi connectivity index (χ3n) is 3.18. The normalized spacial score (nSPS) is 11.2. The molecule has 0 aliphatic heterocycles. The van der Waals surface area contributed by atoms with Crippen LogP contribution in [0.2, 0.25) is 0 Å². The summed E-state index contributed by atoms with van der Waals surface area (Å²) < 4.78 is 40.2. The number of nitrogens with one attached hydrogen (secondary N) is 1. The number of hydrogen-bond donors (Lipinski definition) is 1. The largest absolute Gasteiger partial charge is 0.416 e. The smallest absolute Gasteiger partial charge is 0.346 e. The lowest BCUT2D eigenvalue weighted by atomic mass is 10.2. The van der Waals surface area contributed by atoms with Crippen LogP contribution in [0.1, 0.15) is 21.7 Å². The van der Waals surface area contributed by atoms with Gasteiger partial charge >= 0.3 is 6.18 Å². The van der Waals surface area contributed by atoms with Crippen LogP contribution in [-0.2, 0) is 6.18 Å². The molecule has 0 unspecified atom stereocenters. The Balaban J connectivity index is 2.49. The molecule has 1 aromatic heterocycles. The molecular formula is C16H13BrF3N3O2. The van der Waals surface area contributed by atoms with E-state index in [1.54, 1.807) is 0 Å². The molecule has 0 saturated heterocycles. The molecule has 5 nitrogen and oxygen atoms in total. The number of amides is 1. The van der Waals surface area contributed by atoms with Crippen LogP contribution in [-0.4, -0.2) is 22.2 Å². The molecule has 0 spiro atoms. The molecule has 2 aromatic rings. The third-order valence-corrected chi connectivity index (χ3v) is 3.46. The minimum Gasteiger partial charge on any atom is -0.346 e. The zero-order chi connectivity index (χ0) is 18.8. The molecule has 0 aliphatic rings. The summed E-state index contributed by atoms with van der Waals surface area (Å²) in [6.07, 6.45) is -4.51. The zero-order valence-corrected chi connectivity index (χ0v) is 14.6. The van der Waals surface area contributed by atoms with E-state index in [4.69, 9.17) is 0 Å². The summed E-state index contributed by atoms with van der Waals surface area (Å²) in [5.74, 6) is -0.744. The van der Waals surface area contributed by atoms with Crippen LogP contribution in [0.25, 0.3) is 5.69 Å². The van der Waals surface area contributed by atoms with Crippen molar-refractivity contribution in [3.8, 4) is 5.69 Å². The number of aryl methyl sites for hydroxylation is 1. The molecule has 2 rings (SSSR count). The molecule has 9 heteroatoms. The van der Waals surface area contributed by atoms with Crippen molar-refractivity contribution in [3.05, 3.63) is 68.6 Å². The first-order valence-corrected chi connectivity index (χ1v) is 7.79. The van der Waals surface area contributed by atoms with Crippen molar-refractivity contribution in [3.63, 3.8) is 0 Å². The van der Waals surface area contributed by atoms with E-state index in [-0.39, 0.29) is 12.2 Å². The van der Waals surface area contributed by atoms with Gasteiger partial charge in [0.1, 0.15) is 0 Å². The summed E-state index contributed by atoms with van der Waals surface area (Å²) in [4.78, 5) is 24.0. The molecular weight excluding hydrogens is 403 g/mol. The number of carbonyl (C=O) groups excluding carboxylic acids is 1. The number of nitrogens with zero attached hydrogens (tertiary/aromatic N) is 2. The van der Waals surface area contributed by atoms with Crippen LogP contribution in [0, 0.1) is 6.92 Å². The monoisotopic (exact) mass is 415 g/mol. The van der Waals surface area contributed by atoms with Crippen molar-refractivity contribution in [2.45, 2.75) is 13.1 Å². The summed E-state index contributed by atoms with van der Waals surface area (Å²) in [7, 11) is 0. The Hall–Kier alpha value is -2.42. The van der Waals surface area contributed by atoms with Crippen molar-refractivity contribution in [2.24, 2.45) is 0 Å². The highest BCUT2D eigenvalue weighted by molar-refractivity contribution is 9.11. The Kier molecular flexibility index (Phi) is 5.46. The molecule has 1 N–H and O–H groups in total. The molecule has 25 heavy (non-hydrogen) atoms. The van der Waals surface area contributed by atoms with E-state index in [0.717, 1.165) is 22.9 Å². The first-order valence-electron chi connectivity index (χ1n) is 6.99. The van der Waals surface area contributed by atoms with E-state index in [1.807, 2.05) is 0 Å². The van der Waals surface area contributed by atoms with Crippen LogP contribution in [0.4, 0.5) is 13.2 Å². The molecule has 0 radical (unpaired) electrons. The second kappa shape index (κ2) is 7.22. The predicted octanol–water partition coefficient (Wildman–Crippen LogP) is 3.20. The van der Waals surface area contributed by atoms with Crippen molar-refractivity contribution < 1.29 is 18.0 Å². The number of hydrogen-bond acceptors (Lipinski definition) is 3. The second-order valence-electron chi connectivity index (χ2n) is 5.16. The van der Waals surface area contributed by atoms with Gasteiger partial charge in [0.05, 0.1) is 11.3 Å². The molecule has 132 valence electrons. The summed E-state index contributed by atoms with van der Waals surface area (Å²) in [6, 6.07) is 5.60. The molecule has 0 aliphatic carbocycles. The minimum atomic E-state index is -4.51. The Morgan fingerprint density at radius 1 is 1.36 bits per heavy atom. The summed E-state index contributed by atoms with van der Waals surface area (Å²) in [5.41, 5.74) is -1.52. The van der Waals surface area contributed by atoms with Crippen molar-refractivity contribution in [1.82, 2.24) is 15.1 Å². The van der Waals surface area contributed by atoms with Crippen LogP contribution in [0.15, 0.2) is 46.2 Å². The fourth-order valence-corrected chi connectivity index (χ4v) is 2.18. The van der Waals surface area contributed by atoms with Gasteiger partial charge in [-0.3, -0.25) is 9.59 Å². The highest BCUT2D eigenvalue weighted by Crippen LogP contribution is 2.30. The lowest BCUT2D eigenvalue weighted by molar-refractivity contribution is -0.137. The maximum absolute atomic E-state index is 12.9. The number of rotatable bonds is 4. The van der Waals surface area contributed by atoms with Crippen LogP contribution in [0.3, 0.4) is 0 Å². The van der Waals surface area contributed by atoms with E-state index in [1.165, 1.54) is 19.1 Å². The van der Waals surface area contributed by atoms with Gasteiger partial charge in [-0.2, -0.15) is 18.3 Å². The van der Waals surface area contributed by atoms with Crippen LogP contribution >= 0.6 is 15.9 Å². The zero-order valence-electron chi connectivity index (χ0n) is 13.0. The Morgan fingerprint density at radius 2 is 2.04 bits per heavy atom. The lowest BCUT2D eigenvalue weighted by Gasteiger charge is -2.13. The Labute approximate surface area is 149 Å². The number of alkyl halides is 3. The third kappa shape index (κ3) is 4.56. The second-order valence-corrected chi connectivity index (χ2v) is 6.28. The van der Waals surface area contributed by atoms with Gasteiger partial charge in [0.25, 0.3) is 5.91 Å². The molecule has 1 heterocycles. The predicted molar refractivity (Wildman–Crippen MR) is 90.0 cm³/mol. The maximum Gasteiger partial charge on any atom is 0.416 e. The van der Waals surface area contributed by atoms with E-state index in [0.29, 0.717) is 10.2 Å². The summed E-state index contributed by atoms with van der Waals surface area (Å²) in [6.45, 7) is 5.14. The first-order chi connectivity index (χ1) is 11.6. The Bertz CT molecular complexity index is 891. The van der Waals surface area contributed by atoms with Crippen LogP contribution < -0.4 is 10.7 Å². The number of halogens is 4. The van der Waals surface area contributed by atoms with Crippen molar-refractivity contribution in [1.29, 1.82) is 0 Å². The van der Waals surface area contributed by atoms with Gasteiger partial charge in [-0.25, -0.2) is 4.68 Å². The molecule has 0 saturated carbocycles. The minimum absolute atomic E-state index is 0.0807.